The van der Waals surface area contributed by atoms with Crippen LogP contribution in [0.25, 0.3) is 0 Å². The van der Waals surface area contributed by atoms with Crippen LogP contribution in [0, 0.1) is 11.8 Å². The number of hydrogen-bond acceptors (Lipinski definition) is 10. The quantitative estimate of drug-likeness (QED) is 0.122. The molecule has 18 heteroatoms. The molecule has 4 aromatic carbocycles. The zero-order chi connectivity index (χ0) is 42.7. The third-order valence-corrected chi connectivity index (χ3v) is 12.6. The fraction of sp³-hybridized carbons (Fsp3) is 0.364. The fourth-order valence-electron chi connectivity index (χ4n) is 8.21. The molecule has 2 aromatic heterocycles. The lowest BCUT2D eigenvalue weighted by Gasteiger charge is -2.45. The van der Waals surface area contributed by atoms with Crippen molar-refractivity contribution in [2.24, 2.45) is 11.8 Å². The number of halogens is 4. The minimum absolute atomic E-state index is 0.0603. The number of aromatic nitrogens is 8. The van der Waals surface area contributed by atoms with Crippen molar-refractivity contribution in [3.63, 3.8) is 0 Å². The van der Waals surface area contributed by atoms with Crippen molar-refractivity contribution in [1.29, 1.82) is 0 Å². The molecule has 10 rings (SSSR count). The van der Waals surface area contributed by atoms with Crippen LogP contribution in [0.4, 0.5) is 0 Å². The molecule has 6 aromatic rings. The largest absolute Gasteiger partial charge is 0.357 e. The fourth-order valence-corrected chi connectivity index (χ4v) is 8.86. The van der Waals surface area contributed by atoms with Crippen LogP contribution in [0.15, 0.2) is 97.1 Å². The highest BCUT2D eigenvalue weighted by atomic mass is 35.5. The van der Waals surface area contributed by atoms with Gasteiger partial charge in [0.25, 0.3) is 11.8 Å². The molecule has 4 fully saturated rings. The maximum Gasteiger partial charge on any atom is 0.252 e. The number of benzene rings is 4. The molecule has 0 spiro atoms. The second-order valence-corrected chi connectivity index (χ2v) is 17.9. The van der Waals surface area contributed by atoms with Crippen LogP contribution in [0.2, 0.25) is 20.1 Å². The number of carbonyl (C=O) groups is 2. The number of amides is 2. The molecule has 320 valence electrons. The Balaban J connectivity index is 0.000000158. The Morgan fingerprint density at radius 3 is 1.27 bits per heavy atom. The van der Waals surface area contributed by atoms with Gasteiger partial charge in [-0.15, -0.1) is 20.4 Å². The summed E-state index contributed by atoms with van der Waals surface area (Å²) in [6.07, 6.45) is 2.84. The highest BCUT2D eigenvalue weighted by Crippen LogP contribution is 2.47. The minimum atomic E-state index is -0.705. The summed E-state index contributed by atoms with van der Waals surface area (Å²) in [5.41, 5.74) is 3.78. The monoisotopic (exact) mass is 914 g/mol. The van der Waals surface area contributed by atoms with Crippen LogP contribution >= 0.6 is 46.4 Å². The highest BCUT2D eigenvalue weighted by Gasteiger charge is 2.47. The molecule has 2 aliphatic heterocycles. The Hall–Kier alpha value is -4.96. The van der Waals surface area contributed by atoms with Gasteiger partial charge in [0, 0.05) is 46.0 Å². The molecule has 0 unspecified atom stereocenters. The number of nitrogens with one attached hydrogen (secondary N) is 2. The zero-order valence-electron chi connectivity index (χ0n) is 33.2. The SMILES string of the molecule is O=C1[C@@H](Cc2nn[nH]n2)O[C@H](c2cccc(Cl)c2)[C@@H](c2ccc(Cl)cc2)N1CC1CC1.O=C1[C@H](Cc2nn[nH]n2)O[C@H](c2cccc(Cl)c2)[C@@H](c2ccc(Cl)cc2)N1CC1CC1. The lowest BCUT2D eigenvalue weighted by molar-refractivity contribution is -0.175. The molecule has 6 atom stereocenters. The zero-order valence-corrected chi connectivity index (χ0v) is 36.3. The first kappa shape index (κ1) is 42.3. The molecule has 2 amide bonds. The Morgan fingerprint density at radius 2 is 0.935 bits per heavy atom. The van der Waals surface area contributed by atoms with E-state index in [0.29, 0.717) is 56.7 Å². The van der Waals surface area contributed by atoms with Crippen molar-refractivity contribution in [2.45, 2.75) is 75.0 Å². The predicted molar refractivity (Wildman–Crippen MR) is 231 cm³/mol. The molecular formula is C44H42Cl4N10O4. The van der Waals surface area contributed by atoms with Gasteiger partial charge in [-0.3, -0.25) is 9.59 Å². The smallest absolute Gasteiger partial charge is 0.252 e. The van der Waals surface area contributed by atoms with Gasteiger partial charge in [0.2, 0.25) is 0 Å². The topological polar surface area (TPSA) is 168 Å². The van der Waals surface area contributed by atoms with Gasteiger partial charge in [-0.1, -0.05) is 105 Å². The van der Waals surface area contributed by atoms with Crippen molar-refractivity contribution in [3.8, 4) is 0 Å². The summed E-state index contributed by atoms with van der Waals surface area (Å²) in [4.78, 5) is 31.1. The number of H-pyrrole nitrogens is 2. The van der Waals surface area contributed by atoms with Crippen LogP contribution in [0.3, 0.4) is 0 Å². The summed E-state index contributed by atoms with van der Waals surface area (Å²) >= 11 is 24.9. The van der Waals surface area contributed by atoms with Crippen molar-refractivity contribution in [3.05, 3.63) is 151 Å². The second-order valence-electron chi connectivity index (χ2n) is 16.1. The summed E-state index contributed by atoms with van der Waals surface area (Å²) in [5.74, 6) is 1.80. The molecule has 0 bridgehead atoms. The molecule has 62 heavy (non-hydrogen) atoms. The second kappa shape index (κ2) is 18.8. The average Bonchev–Trinajstić information content (AvgIpc) is 4.16. The van der Waals surface area contributed by atoms with Crippen LogP contribution in [-0.2, 0) is 31.9 Å². The Kier molecular flexibility index (Phi) is 12.8. The lowest BCUT2D eigenvalue weighted by atomic mass is 9.91. The summed E-state index contributed by atoms with van der Waals surface area (Å²) in [7, 11) is 0. The van der Waals surface area contributed by atoms with Crippen molar-refractivity contribution < 1.29 is 19.1 Å². The third kappa shape index (κ3) is 9.96. The summed E-state index contributed by atoms with van der Waals surface area (Å²) in [6, 6.07) is 29.8. The maximum absolute atomic E-state index is 13.6. The van der Waals surface area contributed by atoms with E-state index in [1.165, 1.54) is 0 Å². The standard InChI is InChI=1S/2C22H21Cl2N5O2/c2*23-16-8-6-14(7-9-16)20-21(15-2-1-3-17(24)10-15)31-18(11-19-25-27-28-26-19)22(30)29(20)12-13-4-5-13/h2*1-3,6-10,13,18,20-21H,4-5,11-12H2,(H,25,26,27,28)/t18-,20+,21+;18-,20-,21-/m01/s1. The van der Waals surface area contributed by atoms with Gasteiger partial charge < -0.3 is 19.3 Å². The van der Waals surface area contributed by atoms with Gasteiger partial charge in [-0.25, -0.2) is 0 Å². The van der Waals surface area contributed by atoms with Crippen LogP contribution < -0.4 is 0 Å². The third-order valence-electron chi connectivity index (χ3n) is 11.6. The van der Waals surface area contributed by atoms with E-state index in [-0.39, 0.29) is 36.7 Å². The summed E-state index contributed by atoms with van der Waals surface area (Å²) < 4.78 is 12.9. The molecule has 0 radical (unpaired) electrons. The van der Waals surface area contributed by atoms with Gasteiger partial charge in [-0.2, -0.15) is 10.4 Å². The van der Waals surface area contributed by atoms with E-state index in [1.54, 1.807) is 0 Å². The molecule has 2 saturated heterocycles. The molecule has 2 N–H and O–H groups in total. The number of nitrogens with zero attached hydrogens (tertiary/aromatic N) is 8. The lowest BCUT2D eigenvalue weighted by Crippen LogP contribution is -2.52. The van der Waals surface area contributed by atoms with Crippen molar-refractivity contribution in [2.75, 3.05) is 13.1 Å². The van der Waals surface area contributed by atoms with Gasteiger partial charge >= 0.3 is 0 Å². The number of tetrazole rings is 2. The van der Waals surface area contributed by atoms with Crippen LogP contribution in [0.5, 0.6) is 0 Å². The number of morpholine rings is 2. The number of aromatic amines is 2. The first-order valence-corrected chi connectivity index (χ1v) is 22.1. The first-order valence-electron chi connectivity index (χ1n) is 20.5. The van der Waals surface area contributed by atoms with Crippen molar-refractivity contribution >= 4 is 58.2 Å². The molecule has 2 saturated carbocycles. The van der Waals surface area contributed by atoms with Gasteiger partial charge in [0.05, 0.1) is 12.1 Å². The van der Waals surface area contributed by atoms with E-state index in [4.69, 9.17) is 55.9 Å². The van der Waals surface area contributed by atoms with E-state index in [9.17, 15) is 9.59 Å². The van der Waals surface area contributed by atoms with Crippen LogP contribution in [0.1, 0.15) is 83.9 Å². The number of rotatable bonds is 12. The van der Waals surface area contributed by atoms with E-state index in [1.807, 2.05) is 107 Å². The van der Waals surface area contributed by atoms with E-state index in [0.717, 1.165) is 47.9 Å². The number of ether oxygens (including phenoxy) is 2. The minimum Gasteiger partial charge on any atom is -0.357 e. The van der Waals surface area contributed by atoms with E-state index in [2.05, 4.69) is 41.2 Å². The summed E-state index contributed by atoms with van der Waals surface area (Å²) in [6.45, 7) is 1.38. The van der Waals surface area contributed by atoms with Crippen molar-refractivity contribution in [1.82, 2.24) is 51.0 Å². The predicted octanol–water partition coefficient (Wildman–Crippen LogP) is 8.34. The Labute approximate surface area is 377 Å². The average molecular weight is 917 g/mol. The normalized spacial score (nSPS) is 23.9. The van der Waals surface area contributed by atoms with Gasteiger partial charge in [-0.05, 0) is 108 Å². The van der Waals surface area contributed by atoms with E-state index < -0.39 is 24.4 Å². The number of hydrogen-bond donors (Lipinski definition) is 2. The first-order chi connectivity index (χ1) is 30.2. The van der Waals surface area contributed by atoms with Crippen LogP contribution in [-0.4, -0.2) is 88.2 Å². The Bertz CT molecular complexity index is 2280. The Morgan fingerprint density at radius 1 is 0.532 bits per heavy atom. The maximum atomic E-state index is 13.6. The van der Waals surface area contributed by atoms with E-state index >= 15 is 0 Å². The molecule has 2 aliphatic carbocycles. The summed E-state index contributed by atoms with van der Waals surface area (Å²) in [5, 5.41) is 30.7. The molecule has 4 heterocycles. The highest BCUT2D eigenvalue weighted by molar-refractivity contribution is 6.31. The number of carbonyl (C=O) groups excluding carboxylic acids is 2. The molecular weight excluding hydrogens is 874 g/mol. The van der Waals surface area contributed by atoms with Gasteiger partial charge in [0.15, 0.2) is 11.6 Å². The molecule has 14 nitrogen and oxygen atoms in total. The molecule has 4 aliphatic rings. The van der Waals surface area contributed by atoms with Gasteiger partial charge in [0.1, 0.15) is 24.4 Å².